The van der Waals surface area contributed by atoms with Gasteiger partial charge in [-0.2, -0.15) is 0 Å². The maximum atomic E-state index is 12.7. The van der Waals surface area contributed by atoms with Crippen molar-refractivity contribution >= 4 is 11.7 Å². The first-order chi connectivity index (χ1) is 9.68. The Morgan fingerprint density at radius 1 is 1.05 bits per heavy atom. The van der Waals surface area contributed by atoms with Crippen molar-refractivity contribution in [3.8, 4) is 0 Å². The highest BCUT2D eigenvalue weighted by Gasteiger charge is 2.34. The molecule has 1 aliphatic rings. The molecule has 1 aliphatic heterocycles. The van der Waals surface area contributed by atoms with Crippen LogP contribution in [-0.4, -0.2) is 23.6 Å². The van der Waals surface area contributed by atoms with E-state index in [9.17, 15) is 9.59 Å². The quantitative estimate of drug-likeness (QED) is 0.783. The molecule has 1 unspecified atom stereocenters. The molecule has 0 bridgehead atoms. The number of fused-ring (bicyclic) bond motifs is 1. The number of likely N-dealkylation sites (N-methyl/N-ethyl adjacent to an activating group) is 1. The van der Waals surface area contributed by atoms with Gasteiger partial charge >= 0.3 is 0 Å². The Hall–Kier alpha value is -2.42. The van der Waals surface area contributed by atoms with Crippen molar-refractivity contribution in [3.05, 3.63) is 71.3 Å². The van der Waals surface area contributed by atoms with E-state index in [1.807, 2.05) is 42.5 Å². The largest absolute Gasteiger partial charge is 0.331 e. The van der Waals surface area contributed by atoms with Crippen LogP contribution in [0, 0.1) is 0 Å². The molecule has 0 saturated heterocycles. The van der Waals surface area contributed by atoms with Gasteiger partial charge in [0.2, 0.25) is 5.91 Å². The van der Waals surface area contributed by atoms with Crippen molar-refractivity contribution in [3.63, 3.8) is 0 Å². The fraction of sp³-hybridized carbons (Fsp3) is 0.176. The molecule has 0 fully saturated rings. The van der Waals surface area contributed by atoms with Crippen LogP contribution in [0.5, 0.6) is 0 Å². The number of nitrogens with zero attached hydrogens (tertiary/aromatic N) is 1. The monoisotopic (exact) mass is 265 g/mol. The molecular formula is C17H15NO2. The summed E-state index contributed by atoms with van der Waals surface area (Å²) in [5, 5.41) is 0. The smallest absolute Gasteiger partial charge is 0.227 e. The second kappa shape index (κ2) is 4.93. The van der Waals surface area contributed by atoms with Crippen LogP contribution in [0.2, 0.25) is 0 Å². The molecule has 3 heteroatoms. The van der Waals surface area contributed by atoms with E-state index >= 15 is 0 Å². The first-order valence-corrected chi connectivity index (χ1v) is 6.61. The molecule has 3 nitrogen and oxygen atoms in total. The van der Waals surface area contributed by atoms with Crippen molar-refractivity contribution in [1.82, 2.24) is 4.90 Å². The predicted octanol–water partition coefficient (Wildman–Crippen LogP) is 2.63. The average Bonchev–Trinajstić information content (AvgIpc) is 2.49. The normalized spacial score (nSPS) is 17.8. The lowest BCUT2D eigenvalue weighted by molar-refractivity contribution is -0.131. The van der Waals surface area contributed by atoms with Crippen molar-refractivity contribution in [2.24, 2.45) is 0 Å². The summed E-state index contributed by atoms with van der Waals surface area (Å²) in [5.74, 6) is -0.0495. The zero-order valence-corrected chi connectivity index (χ0v) is 11.2. The molecule has 1 heterocycles. The number of ketones is 1. The van der Waals surface area contributed by atoms with Crippen LogP contribution in [0.3, 0.4) is 0 Å². The van der Waals surface area contributed by atoms with Crippen LogP contribution in [-0.2, 0) is 11.2 Å². The lowest BCUT2D eigenvalue weighted by atomic mass is 9.88. The minimum atomic E-state index is -0.519. The number of hydrogen-bond donors (Lipinski definition) is 0. The second-order valence-corrected chi connectivity index (χ2v) is 5.01. The van der Waals surface area contributed by atoms with Crippen molar-refractivity contribution < 1.29 is 9.59 Å². The van der Waals surface area contributed by atoms with E-state index in [0.29, 0.717) is 12.0 Å². The zero-order valence-electron chi connectivity index (χ0n) is 11.2. The highest BCUT2D eigenvalue weighted by atomic mass is 16.2. The highest BCUT2D eigenvalue weighted by molar-refractivity contribution is 6.03. The molecule has 0 N–H and O–H groups in total. The molecule has 1 atom stereocenters. The molecule has 2 aromatic carbocycles. The maximum Gasteiger partial charge on any atom is 0.227 e. The second-order valence-electron chi connectivity index (χ2n) is 5.01. The third-order valence-electron chi connectivity index (χ3n) is 3.78. The van der Waals surface area contributed by atoms with Crippen LogP contribution in [0.1, 0.15) is 27.5 Å². The minimum absolute atomic E-state index is 0.0158. The fourth-order valence-electron chi connectivity index (χ4n) is 2.68. The topological polar surface area (TPSA) is 37.4 Å². The van der Waals surface area contributed by atoms with Crippen molar-refractivity contribution in [2.75, 3.05) is 7.05 Å². The Kier molecular flexibility index (Phi) is 3.11. The number of carbonyl (C=O) groups excluding carboxylic acids is 2. The van der Waals surface area contributed by atoms with Crippen LogP contribution in [0.25, 0.3) is 0 Å². The number of rotatable bonds is 2. The third kappa shape index (κ3) is 2.01. The Morgan fingerprint density at radius 3 is 2.45 bits per heavy atom. The molecule has 0 spiro atoms. The van der Waals surface area contributed by atoms with Gasteiger partial charge in [-0.05, 0) is 11.1 Å². The van der Waals surface area contributed by atoms with E-state index in [0.717, 1.165) is 11.1 Å². The van der Waals surface area contributed by atoms with E-state index < -0.39 is 6.04 Å². The standard InChI is InChI=1S/C17H15NO2/c1-18-15(19)11-13-9-5-6-10-14(13)16(18)17(20)12-7-3-2-4-8-12/h2-10,16H,11H2,1H3. The van der Waals surface area contributed by atoms with E-state index in [1.54, 1.807) is 24.1 Å². The summed E-state index contributed by atoms with van der Waals surface area (Å²) in [6.45, 7) is 0. The van der Waals surface area contributed by atoms with Gasteiger partial charge in [0.15, 0.2) is 5.78 Å². The van der Waals surface area contributed by atoms with Gasteiger partial charge in [-0.1, -0.05) is 54.6 Å². The van der Waals surface area contributed by atoms with Gasteiger partial charge in [0, 0.05) is 12.6 Å². The van der Waals surface area contributed by atoms with Gasteiger partial charge in [0.1, 0.15) is 6.04 Å². The van der Waals surface area contributed by atoms with Gasteiger partial charge in [0.25, 0.3) is 0 Å². The maximum absolute atomic E-state index is 12.7. The summed E-state index contributed by atoms with van der Waals surface area (Å²) in [5.41, 5.74) is 2.52. The van der Waals surface area contributed by atoms with Gasteiger partial charge < -0.3 is 4.90 Å². The van der Waals surface area contributed by atoms with Gasteiger partial charge in [-0.15, -0.1) is 0 Å². The van der Waals surface area contributed by atoms with Gasteiger partial charge in [0.05, 0.1) is 6.42 Å². The van der Waals surface area contributed by atoms with Crippen LogP contribution >= 0.6 is 0 Å². The van der Waals surface area contributed by atoms with Crippen LogP contribution in [0.15, 0.2) is 54.6 Å². The summed E-state index contributed by atoms with van der Waals surface area (Å²) < 4.78 is 0. The van der Waals surface area contributed by atoms with Crippen LogP contribution in [0.4, 0.5) is 0 Å². The molecule has 2 aromatic rings. The summed E-state index contributed by atoms with van der Waals surface area (Å²) in [6, 6.07) is 16.3. The molecular weight excluding hydrogens is 250 g/mol. The molecule has 100 valence electrons. The number of amides is 1. The molecule has 0 radical (unpaired) electrons. The minimum Gasteiger partial charge on any atom is -0.331 e. The number of Topliss-reactive ketones (excluding diaryl/α,β-unsaturated/α-hetero) is 1. The Balaban J connectivity index is 2.08. The summed E-state index contributed by atoms with van der Waals surface area (Å²) in [7, 11) is 1.70. The molecule has 0 saturated carbocycles. The Morgan fingerprint density at radius 2 is 1.70 bits per heavy atom. The number of benzene rings is 2. The van der Waals surface area contributed by atoms with Crippen LogP contribution < -0.4 is 0 Å². The third-order valence-corrected chi connectivity index (χ3v) is 3.78. The van der Waals surface area contributed by atoms with Crippen molar-refractivity contribution in [1.29, 1.82) is 0 Å². The lowest BCUT2D eigenvalue weighted by Gasteiger charge is -2.33. The summed E-state index contributed by atoms with van der Waals surface area (Å²) in [6.07, 6.45) is 0.366. The lowest BCUT2D eigenvalue weighted by Crippen LogP contribution is -2.41. The Labute approximate surface area is 117 Å². The van der Waals surface area contributed by atoms with E-state index in [-0.39, 0.29) is 11.7 Å². The van der Waals surface area contributed by atoms with E-state index in [4.69, 9.17) is 0 Å². The van der Waals surface area contributed by atoms with E-state index in [1.165, 1.54) is 0 Å². The van der Waals surface area contributed by atoms with Gasteiger partial charge in [-0.3, -0.25) is 9.59 Å². The highest BCUT2D eigenvalue weighted by Crippen LogP contribution is 2.31. The summed E-state index contributed by atoms with van der Waals surface area (Å²) >= 11 is 0. The predicted molar refractivity (Wildman–Crippen MR) is 76.4 cm³/mol. The number of carbonyl (C=O) groups is 2. The molecule has 1 amide bonds. The van der Waals surface area contributed by atoms with Gasteiger partial charge in [-0.25, -0.2) is 0 Å². The SMILES string of the molecule is CN1C(=O)Cc2ccccc2C1C(=O)c1ccccc1. The summed E-state index contributed by atoms with van der Waals surface area (Å²) in [4.78, 5) is 26.4. The first-order valence-electron chi connectivity index (χ1n) is 6.61. The number of hydrogen-bond acceptors (Lipinski definition) is 2. The molecule has 0 aromatic heterocycles. The molecule has 20 heavy (non-hydrogen) atoms. The first kappa shape index (κ1) is 12.6. The average molecular weight is 265 g/mol. The molecule has 0 aliphatic carbocycles. The fourth-order valence-corrected chi connectivity index (χ4v) is 2.68. The van der Waals surface area contributed by atoms with Crippen molar-refractivity contribution in [2.45, 2.75) is 12.5 Å². The zero-order chi connectivity index (χ0) is 14.1. The van der Waals surface area contributed by atoms with E-state index in [2.05, 4.69) is 0 Å². The Bertz CT molecular complexity index is 664. The molecule has 3 rings (SSSR count).